The van der Waals surface area contributed by atoms with Gasteiger partial charge in [-0.1, -0.05) is 18.6 Å². The number of hydrogen-bond acceptors (Lipinski definition) is 4. The van der Waals surface area contributed by atoms with Crippen LogP contribution in [-0.2, 0) is 15.5 Å². The topological polar surface area (TPSA) is 61.6 Å². The minimum atomic E-state index is -1.47. The molecule has 1 saturated carbocycles. The molecule has 0 bridgehead atoms. The van der Waals surface area contributed by atoms with Gasteiger partial charge in [-0.2, -0.15) is 0 Å². The number of ether oxygens (including phenoxy) is 1. The van der Waals surface area contributed by atoms with Crippen LogP contribution in [0.15, 0.2) is 24.3 Å². The van der Waals surface area contributed by atoms with Gasteiger partial charge in [0, 0.05) is 0 Å². The van der Waals surface area contributed by atoms with E-state index in [-0.39, 0.29) is 0 Å². The lowest BCUT2D eigenvalue weighted by Gasteiger charge is -2.11. The molecular weight excluding hydrogens is 309 g/mol. The van der Waals surface area contributed by atoms with Crippen LogP contribution < -0.4 is 10.5 Å². The lowest BCUT2D eigenvalue weighted by atomic mass is 10.0. The molecule has 2 N–H and O–H groups in total. The highest BCUT2D eigenvalue weighted by Crippen LogP contribution is 2.39. The van der Waals surface area contributed by atoms with Crippen LogP contribution in [0.1, 0.15) is 50.5 Å². The Bertz CT molecular complexity index is 458. The molecular formula is C18H29NO3P+. The molecule has 5 heteroatoms. The van der Waals surface area contributed by atoms with Crippen LogP contribution in [-0.4, -0.2) is 25.4 Å². The van der Waals surface area contributed by atoms with Gasteiger partial charge < -0.3 is 10.5 Å². The zero-order valence-electron chi connectivity index (χ0n) is 13.9. The molecule has 23 heavy (non-hydrogen) atoms. The third-order valence-electron chi connectivity index (χ3n) is 4.26. The van der Waals surface area contributed by atoms with E-state index in [1.54, 1.807) is 0 Å². The Morgan fingerprint density at radius 1 is 1.04 bits per heavy atom. The van der Waals surface area contributed by atoms with Gasteiger partial charge in [0.2, 0.25) is 0 Å². The number of rotatable bonds is 10. The van der Waals surface area contributed by atoms with Crippen molar-refractivity contribution < 1.29 is 13.8 Å². The molecule has 0 spiro atoms. The van der Waals surface area contributed by atoms with Gasteiger partial charge in [-0.05, 0) is 73.8 Å². The third-order valence-corrected chi connectivity index (χ3v) is 5.80. The maximum absolute atomic E-state index is 12.0. The summed E-state index contributed by atoms with van der Waals surface area (Å²) in [5.74, 6) is 0.889. The van der Waals surface area contributed by atoms with E-state index >= 15 is 0 Å². The zero-order chi connectivity index (χ0) is 16.3. The van der Waals surface area contributed by atoms with Gasteiger partial charge in [0.1, 0.15) is 12.4 Å². The molecule has 0 radical (unpaired) electrons. The molecule has 1 aromatic rings. The van der Waals surface area contributed by atoms with Crippen molar-refractivity contribution >= 4 is 8.03 Å². The summed E-state index contributed by atoms with van der Waals surface area (Å²) in [6, 6.07) is 8.09. The smallest absolute Gasteiger partial charge is 0.494 e. The van der Waals surface area contributed by atoms with Gasteiger partial charge in [-0.3, -0.25) is 0 Å². The minimum absolute atomic E-state index is 0.294. The van der Waals surface area contributed by atoms with Crippen molar-refractivity contribution in [2.75, 3.05) is 19.8 Å². The Morgan fingerprint density at radius 3 is 2.43 bits per heavy atom. The summed E-state index contributed by atoms with van der Waals surface area (Å²) < 4.78 is 23.2. The number of nitrogens with two attached hydrogens (primary N) is 1. The molecule has 0 aliphatic heterocycles. The molecule has 4 nitrogen and oxygen atoms in total. The number of benzene rings is 1. The maximum Gasteiger partial charge on any atom is 0.511 e. The molecule has 0 amide bonds. The Morgan fingerprint density at radius 2 is 1.74 bits per heavy atom. The molecule has 0 aromatic heterocycles. The standard InChI is InChI=1S/C18H29NO3P/c19-13-12-16-8-10-17(11-9-16)21-14-4-5-15-22-23(20)18-6-2-1-3-7-18/h8-11,18H,1-7,12-15,19H2/q+1. The molecule has 0 saturated heterocycles. The highest BCUT2D eigenvalue weighted by Gasteiger charge is 2.33. The van der Waals surface area contributed by atoms with E-state index in [0.717, 1.165) is 37.9 Å². The lowest BCUT2D eigenvalue weighted by Crippen LogP contribution is -2.09. The van der Waals surface area contributed by atoms with Gasteiger partial charge >= 0.3 is 8.03 Å². The second-order valence-corrected chi connectivity index (χ2v) is 7.71. The van der Waals surface area contributed by atoms with Gasteiger partial charge in [-0.25, -0.2) is 0 Å². The van der Waals surface area contributed by atoms with Crippen molar-refractivity contribution in [3.8, 4) is 5.75 Å². The monoisotopic (exact) mass is 338 g/mol. The summed E-state index contributed by atoms with van der Waals surface area (Å²) in [6.45, 7) is 1.91. The lowest BCUT2D eigenvalue weighted by molar-refractivity contribution is 0.268. The molecule has 1 aliphatic rings. The quantitative estimate of drug-likeness (QED) is 0.506. The number of hydrogen-bond donors (Lipinski definition) is 1. The molecule has 1 fully saturated rings. The molecule has 128 valence electrons. The predicted molar refractivity (Wildman–Crippen MR) is 94.4 cm³/mol. The number of unbranched alkanes of at least 4 members (excludes halogenated alkanes) is 1. The normalized spacial score (nSPS) is 16.3. The van der Waals surface area contributed by atoms with Crippen molar-refractivity contribution in [2.24, 2.45) is 5.73 Å². The van der Waals surface area contributed by atoms with Crippen LogP contribution in [0.2, 0.25) is 0 Å². The van der Waals surface area contributed by atoms with Crippen LogP contribution in [0.25, 0.3) is 0 Å². The van der Waals surface area contributed by atoms with Crippen molar-refractivity contribution in [3.05, 3.63) is 29.8 Å². The highest BCUT2D eigenvalue weighted by molar-refractivity contribution is 7.40. The Kier molecular flexibility index (Phi) is 8.59. The SMILES string of the molecule is NCCc1ccc(OCCCCO[P+](=O)C2CCCCC2)cc1. The van der Waals surface area contributed by atoms with Crippen LogP contribution in [0.3, 0.4) is 0 Å². The second kappa shape index (κ2) is 10.7. The molecule has 1 unspecified atom stereocenters. The molecule has 2 rings (SSSR count). The summed E-state index contributed by atoms with van der Waals surface area (Å²) >= 11 is 0. The van der Waals surface area contributed by atoms with Crippen LogP contribution in [0.4, 0.5) is 0 Å². The van der Waals surface area contributed by atoms with Crippen molar-refractivity contribution in [2.45, 2.75) is 57.0 Å². The van der Waals surface area contributed by atoms with Crippen LogP contribution >= 0.6 is 8.03 Å². The van der Waals surface area contributed by atoms with Gasteiger partial charge in [0.25, 0.3) is 0 Å². The van der Waals surface area contributed by atoms with E-state index in [0.29, 0.717) is 25.4 Å². The van der Waals surface area contributed by atoms with Crippen molar-refractivity contribution in [1.29, 1.82) is 0 Å². The van der Waals surface area contributed by atoms with E-state index in [9.17, 15) is 4.57 Å². The van der Waals surface area contributed by atoms with E-state index in [4.69, 9.17) is 15.0 Å². The fourth-order valence-electron chi connectivity index (χ4n) is 2.86. The summed E-state index contributed by atoms with van der Waals surface area (Å²) in [6.07, 6.45) is 8.52. The Balaban J connectivity index is 1.52. The fraction of sp³-hybridized carbons (Fsp3) is 0.667. The third kappa shape index (κ3) is 6.99. The average Bonchev–Trinajstić information content (AvgIpc) is 2.60. The molecule has 1 aromatic carbocycles. The first-order valence-corrected chi connectivity index (χ1v) is 10.1. The van der Waals surface area contributed by atoms with E-state index in [1.807, 2.05) is 12.1 Å². The van der Waals surface area contributed by atoms with E-state index in [2.05, 4.69) is 12.1 Å². The second-order valence-electron chi connectivity index (χ2n) is 6.15. The molecule has 0 heterocycles. The van der Waals surface area contributed by atoms with Gasteiger partial charge in [-0.15, -0.1) is 4.52 Å². The molecule has 1 atom stereocenters. The van der Waals surface area contributed by atoms with Gasteiger partial charge in [0.05, 0.1) is 6.61 Å². The maximum atomic E-state index is 12.0. The molecule has 1 aliphatic carbocycles. The minimum Gasteiger partial charge on any atom is -0.494 e. The Labute approximate surface area is 140 Å². The summed E-state index contributed by atoms with van der Waals surface area (Å²) in [4.78, 5) is 0. The van der Waals surface area contributed by atoms with Crippen LogP contribution in [0.5, 0.6) is 5.75 Å². The first-order chi connectivity index (χ1) is 11.3. The first kappa shape index (κ1) is 18.4. The van der Waals surface area contributed by atoms with Crippen LogP contribution in [0, 0.1) is 0 Å². The fourth-order valence-corrected chi connectivity index (χ4v) is 4.17. The summed E-state index contributed by atoms with van der Waals surface area (Å²) in [5.41, 5.74) is 7.06. The van der Waals surface area contributed by atoms with E-state index < -0.39 is 8.03 Å². The highest BCUT2D eigenvalue weighted by atomic mass is 31.1. The summed E-state index contributed by atoms with van der Waals surface area (Å²) in [5, 5.41) is 0. The zero-order valence-corrected chi connectivity index (χ0v) is 14.8. The average molecular weight is 338 g/mol. The Hall–Kier alpha value is -0.960. The van der Waals surface area contributed by atoms with Crippen molar-refractivity contribution in [1.82, 2.24) is 0 Å². The van der Waals surface area contributed by atoms with Crippen molar-refractivity contribution in [3.63, 3.8) is 0 Å². The summed E-state index contributed by atoms with van der Waals surface area (Å²) in [7, 11) is -1.47. The largest absolute Gasteiger partial charge is 0.511 e. The first-order valence-electron chi connectivity index (χ1n) is 8.80. The van der Waals surface area contributed by atoms with Gasteiger partial charge in [0.15, 0.2) is 5.66 Å². The predicted octanol–water partition coefficient (Wildman–Crippen LogP) is 4.44. The van der Waals surface area contributed by atoms with E-state index in [1.165, 1.54) is 24.8 Å².